The number of sulfonamides is 1. The zero-order chi connectivity index (χ0) is 13.9. The van der Waals surface area contributed by atoms with Gasteiger partial charge < -0.3 is 11.1 Å². The second-order valence-corrected chi connectivity index (χ2v) is 5.84. The van der Waals surface area contributed by atoms with Crippen LogP contribution >= 0.6 is 0 Å². The Morgan fingerprint density at radius 3 is 2.89 bits per heavy atom. The first kappa shape index (κ1) is 13.5. The average Bonchev–Trinajstić information content (AvgIpc) is 2.74. The van der Waals surface area contributed by atoms with Crippen LogP contribution in [0.25, 0.3) is 11.0 Å². The van der Waals surface area contributed by atoms with E-state index in [0.29, 0.717) is 31.0 Å². The van der Waals surface area contributed by atoms with Crippen molar-refractivity contribution >= 4 is 32.8 Å². The summed E-state index contributed by atoms with van der Waals surface area (Å²) in [5, 5.41) is 10.4. The predicted octanol–water partition coefficient (Wildman–Crippen LogP) is -0.714. The van der Waals surface area contributed by atoms with Crippen LogP contribution in [0.2, 0.25) is 0 Å². The summed E-state index contributed by atoms with van der Waals surface area (Å²) in [7, 11) is -3.14. The molecule has 2 rings (SSSR count). The SMILES string of the molecule is CS(=O)(=O)NCCCNc1nc(N)nc2[nH]ncc12. The summed E-state index contributed by atoms with van der Waals surface area (Å²) >= 11 is 0. The summed E-state index contributed by atoms with van der Waals surface area (Å²) in [6.07, 6.45) is 3.35. The maximum Gasteiger partial charge on any atom is 0.224 e. The molecule has 0 aliphatic carbocycles. The molecule has 0 bridgehead atoms. The number of nitrogens with one attached hydrogen (secondary N) is 3. The van der Waals surface area contributed by atoms with Gasteiger partial charge in [0.1, 0.15) is 5.82 Å². The van der Waals surface area contributed by atoms with Crippen molar-refractivity contribution in [3.8, 4) is 0 Å². The van der Waals surface area contributed by atoms with E-state index in [9.17, 15) is 8.42 Å². The highest BCUT2D eigenvalue weighted by atomic mass is 32.2. The lowest BCUT2D eigenvalue weighted by Crippen LogP contribution is -2.24. The molecule has 0 atom stereocenters. The summed E-state index contributed by atoms with van der Waals surface area (Å²) in [6.45, 7) is 0.917. The molecule has 2 aromatic heterocycles. The van der Waals surface area contributed by atoms with E-state index >= 15 is 0 Å². The van der Waals surface area contributed by atoms with Gasteiger partial charge in [-0.15, -0.1) is 0 Å². The molecule has 0 fully saturated rings. The Balaban J connectivity index is 1.93. The minimum atomic E-state index is -3.14. The van der Waals surface area contributed by atoms with Gasteiger partial charge in [-0.2, -0.15) is 15.1 Å². The van der Waals surface area contributed by atoms with Gasteiger partial charge in [0, 0.05) is 13.1 Å². The van der Waals surface area contributed by atoms with Gasteiger partial charge >= 0.3 is 0 Å². The van der Waals surface area contributed by atoms with Gasteiger partial charge in [-0.25, -0.2) is 13.1 Å². The molecule has 0 radical (unpaired) electrons. The molecule has 10 heteroatoms. The van der Waals surface area contributed by atoms with E-state index in [1.54, 1.807) is 6.20 Å². The van der Waals surface area contributed by atoms with Crippen LogP contribution in [0.3, 0.4) is 0 Å². The van der Waals surface area contributed by atoms with Crippen molar-refractivity contribution in [2.24, 2.45) is 0 Å². The van der Waals surface area contributed by atoms with Gasteiger partial charge in [0.25, 0.3) is 0 Å². The zero-order valence-electron chi connectivity index (χ0n) is 10.3. The van der Waals surface area contributed by atoms with Crippen molar-refractivity contribution in [3.05, 3.63) is 6.20 Å². The lowest BCUT2D eigenvalue weighted by molar-refractivity contribution is 0.586. The summed E-state index contributed by atoms with van der Waals surface area (Å²) in [6, 6.07) is 0. The first-order valence-electron chi connectivity index (χ1n) is 5.61. The third-order valence-corrected chi connectivity index (χ3v) is 3.07. The van der Waals surface area contributed by atoms with Gasteiger partial charge in [0.05, 0.1) is 17.8 Å². The van der Waals surface area contributed by atoms with Crippen molar-refractivity contribution in [1.82, 2.24) is 24.9 Å². The maximum absolute atomic E-state index is 10.9. The van der Waals surface area contributed by atoms with Gasteiger partial charge in [0.2, 0.25) is 16.0 Å². The Morgan fingerprint density at radius 1 is 1.37 bits per heavy atom. The highest BCUT2D eigenvalue weighted by Gasteiger charge is 2.07. The van der Waals surface area contributed by atoms with Crippen molar-refractivity contribution in [1.29, 1.82) is 0 Å². The number of aromatic amines is 1. The molecule has 19 heavy (non-hydrogen) atoms. The fourth-order valence-electron chi connectivity index (χ4n) is 1.54. The second kappa shape index (κ2) is 5.36. The van der Waals surface area contributed by atoms with E-state index < -0.39 is 10.0 Å². The van der Waals surface area contributed by atoms with Gasteiger partial charge in [-0.3, -0.25) is 5.10 Å². The van der Waals surface area contributed by atoms with Crippen LogP contribution in [0.4, 0.5) is 11.8 Å². The number of aromatic nitrogens is 4. The Bertz CT molecular complexity index is 666. The molecule has 0 spiro atoms. The normalized spacial score (nSPS) is 11.8. The number of fused-ring (bicyclic) bond motifs is 1. The Labute approximate surface area is 110 Å². The number of H-pyrrole nitrogens is 1. The van der Waals surface area contributed by atoms with Crippen LogP contribution in [-0.2, 0) is 10.0 Å². The molecular weight excluding hydrogens is 270 g/mol. The first-order valence-corrected chi connectivity index (χ1v) is 7.50. The van der Waals surface area contributed by atoms with Crippen LogP contribution in [0.1, 0.15) is 6.42 Å². The van der Waals surface area contributed by atoms with Gasteiger partial charge in [-0.1, -0.05) is 0 Å². The minimum absolute atomic E-state index is 0.147. The standard InChI is InChI=1S/C9H15N7O2S/c1-19(17,18)13-4-2-3-11-7-6-5-12-16-8(6)15-9(10)14-7/h5,13H,2-4H2,1H3,(H4,10,11,12,14,15,16). The van der Waals surface area contributed by atoms with E-state index in [1.165, 1.54) is 0 Å². The summed E-state index contributed by atoms with van der Waals surface area (Å²) < 4.78 is 24.1. The molecule has 2 aromatic rings. The van der Waals surface area contributed by atoms with E-state index in [4.69, 9.17) is 5.73 Å². The summed E-state index contributed by atoms with van der Waals surface area (Å²) in [5.41, 5.74) is 6.13. The number of hydrogen-bond acceptors (Lipinski definition) is 7. The molecule has 5 N–H and O–H groups in total. The van der Waals surface area contributed by atoms with E-state index in [2.05, 4.69) is 30.2 Å². The fraction of sp³-hybridized carbons (Fsp3) is 0.444. The lowest BCUT2D eigenvalue weighted by atomic mass is 10.3. The van der Waals surface area contributed by atoms with Crippen molar-refractivity contribution in [2.45, 2.75) is 6.42 Å². The number of nitrogen functional groups attached to an aromatic ring is 1. The first-order chi connectivity index (χ1) is 8.96. The average molecular weight is 285 g/mol. The monoisotopic (exact) mass is 285 g/mol. The largest absolute Gasteiger partial charge is 0.369 e. The molecule has 9 nitrogen and oxygen atoms in total. The van der Waals surface area contributed by atoms with Crippen LogP contribution in [0, 0.1) is 0 Å². The summed E-state index contributed by atoms with van der Waals surface area (Å²) in [4.78, 5) is 8.07. The maximum atomic E-state index is 10.9. The topological polar surface area (TPSA) is 139 Å². The molecular formula is C9H15N7O2S. The van der Waals surface area contributed by atoms with Gasteiger partial charge in [-0.05, 0) is 6.42 Å². The quantitative estimate of drug-likeness (QED) is 0.514. The molecule has 0 aliphatic heterocycles. The van der Waals surface area contributed by atoms with E-state index in [0.717, 1.165) is 11.6 Å². The molecule has 0 amide bonds. The molecule has 0 aromatic carbocycles. The molecule has 0 saturated carbocycles. The number of rotatable bonds is 6. The molecule has 0 unspecified atom stereocenters. The molecule has 104 valence electrons. The van der Waals surface area contributed by atoms with Crippen molar-refractivity contribution in [3.63, 3.8) is 0 Å². The Morgan fingerprint density at radius 2 is 2.16 bits per heavy atom. The third kappa shape index (κ3) is 3.76. The van der Waals surface area contributed by atoms with E-state index in [-0.39, 0.29) is 5.95 Å². The number of nitrogens with two attached hydrogens (primary N) is 1. The molecule has 2 heterocycles. The molecule has 0 saturated heterocycles. The van der Waals surface area contributed by atoms with E-state index in [1.807, 2.05) is 0 Å². The predicted molar refractivity (Wildman–Crippen MR) is 72.0 cm³/mol. The molecule has 0 aliphatic rings. The number of nitrogens with zero attached hydrogens (tertiary/aromatic N) is 3. The highest BCUT2D eigenvalue weighted by molar-refractivity contribution is 7.88. The Kier molecular flexibility index (Phi) is 3.81. The van der Waals surface area contributed by atoms with Crippen LogP contribution in [-0.4, -0.2) is 47.9 Å². The smallest absolute Gasteiger partial charge is 0.224 e. The number of anilines is 2. The van der Waals surface area contributed by atoms with Crippen LogP contribution < -0.4 is 15.8 Å². The summed E-state index contributed by atoms with van der Waals surface area (Å²) in [5.74, 6) is 0.726. The highest BCUT2D eigenvalue weighted by Crippen LogP contribution is 2.18. The van der Waals surface area contributed by atoms with Crippen LogP contribution in [0.15, 0.2) is 6.20 Å². The zero-order valence-corrected chi connectivity index (χ0v) is 11.2. The van der Waals surface area contributed by atoms with Crippen LogP contribution in [0.5, 0.6) is 0 Å². The van der Waals surface area contributed by atoms with Crippen molar-refractivity contribution < 1.29 is 8.42 Å². The second-order valence-electron chi connectivity index (χ2n) is 4.01. The Hall–Kier alpha value is -1.94. The van der Waals surface area contributed by atoms with Crippen molar-refractivity contribution in [2.75, 3.05) is 30.4 Å². The number of hydrogen-bond donors (Lipinski definition) is 4. The minimum Gasteiger partial charge on any atom is -0.369 e. The fourth-order valence-corrected chi connectivity index (χ4v) is 2.05. The lowest BCUT2D eigenvalue weighted by Gasteiger charge is -2.07. The third-order valence-electron chi connectivity index (χ3n) is 2.34. The van der Waals surface area contributed by atoms with Gasteiger partial charge in [0.15, 0.2) is 5.65 Å².